The summed E-state index contributed by atoms with van der Waals surface area (Å²) in [6.07, 6.45) is 0.985. The summed E-state index contributed by atoms with van der Waals surface area (Å²) in [5.41, 5.74) is 0.677. The van der Waals surface area contributed by atoms with E-state index in [0.29, 0.717) is 12.2 Å². The van der Waals surface area contributed by atoms with Crippen LogP contribution in [0.3, 0.4) is 0 Å². The third kappa shape index (κ3) is 4.39. The van der Waals surface area contributed by atoms with Crippen molar-refractivity contribution >= 4 is 61.4 Å². The fourth-order valence-corrected chi connectivity index (χ4v) is 2.38. The normalized spacial score (nSPS) is 10.3. The highest BCUT2D eigenvalue weighted by Crippen LogP contribution is 2.17. The van der Waals surface area contributed by atoms with Gasteiger partial charge in [-0.25, -0.2) is 4.79 Å². The van der Waals surface area contributed by atoms with Crippen LogP contribution in [-0.4, -0.2) is 22.8 Å². The van der Waals surface area contributed by atoms with Crippen LogP contribution in [0.15, 0.2) is 18.2 Å². The summed E-state index contributed by atoms with van der Waals surface area (Å²) in [6, 6.07) is 6.96. The van der Waals surface area contributed by atoms with Gasteiger partial charge in [0.1, 0.15) is 0 Å². The fourth-order valence-electron chi connectivity index (χ4n) is 1.04. The van der Waals surface area contributed by atoms with Crippen molar-refractivity contribution in [1.29, 1.82) is 0 Å². The van der Waals surface area contributed by atoms with Crippen LogP contribution < -0.4 is 0 Å². The quantitative estimate of drug-likeness (QED) is 0.307. The van der Waals surface area contributed by atoms with E-state index in [2.05, 4.69) is 45.2 Å². The van der Waals surface area contributed by atoms with Gasteiger partial charge in [-0.15, -0.1) is 0 Å². The predicted octanol–water partition coefficient (Wildman–Crippen LogP) is 2.23. The number of carbonyl (C=O) groups excluding carboxylic acids is 1. The molecule has 5 heteroatoms. The van der Waals surface area contributed by atoms with Gasteiger partial charge in [0.2, 0.25) is 0 Å². The summed E-state index contributed by atoms with van der Waals surface area (Å²) in [4.78, 5) is 11.7. The minimum absolute atomic E-state index is 0.201. The van der Waals surface area contributed by atoms with Gasteiger partial charge in [0.05, 0.1) is 12.2 Å². The first-order chi connectivity index (χ1) is 7.15. The highest BCUT2D eigenvalue weighted by molar-refractivity contribution is 14.1. The second kappa shape index (κ2) is 6.84. The minimum Gasteiger partial charge on any atom is -0.462 e. The summed E-state index contributed by atoms with van der Waals surface area (Å²) in [6.45, 7) is 0.546. The molecule has 0 heterocycles. The number of halogens is 2. The molecule has 2 nitrogen and oxygen atoms in total. The van der Waals surface area contributed by atoms with E-state index in [0.717, 1.165) is 13.6 Å². The molecular formula is C10H12I2O2Si. The van der Waals surface area contributed by atoms with E-state index in [4.69, 9.17) is 4.74 Å². The molecule has 0 bridgehead atoms. The number of benzene rings is 1. The highest BCUT2D eigenvalue weighted by Gasteiger charge is 2.11. The molecule has 1 aromatic rings. The fraction of sp³-hybridized carbons (Fsp3) is 0.300. The zero-order valence-corrected chi connectivity index (χ0v) is 14.7. The molecule has 1 rings (SSSR count). The van der Waals surface area contributed by atoms with Crippen molar-refractivity contribution in [3.63, 3.8) is 0 Å². The van der Waals surface area contributed by atoms with Gasteiger partial charge >= 0.3 is 5.97 Å². The van der Waals surface area contributed by atoms with Crippen LogP contribution in [0.5, 0.6) is 0 Å². The molecule has 0 aliphatic heterocycles. The van der Waals surface area contributed by atoms with E-state index in [1.807, 2.05) is 18.2 Å². The highest BCUT2D eigenvalue weighted by atomic mass is 127. The topological polar surface area (TPSA) is 26.3 Å². The van der Waals surface area contributed by atoms with Crippen molar-refractivity contribution in [2.75, 3.05) is 6.61 Å². The zero-order valence-electron chi connectivity index (χ0n) is 8.43. The van der Waals surface area contributed by atoms with Crippen molar-refractivity contribution in [1.82, 2.24) is 0 Å². The molecule has 0 fully saturated rings. The van der Waals surface area contributed by atoms with Gasteiger partial charge in [-0.1, -0.05) is 6.04 Å². The van der Waals surface area contributed by atoms with Gasteiger partial charge in [-0.05, 0) is 69.8 Å². The minimum atomic E-state index is -0.201. The Balaban J connectivity index is 2.68. The lowest BCUT2D eigenvalue weighted by Crippen LogP contribution is -2.08. The SMILES string of the molecule is O=C(OCCC[SiH3])c1cc(I)ccc1I. The van der Waals surface area contributed by atoms with Crippen molar-refractivity contribution in [3.8, 4) is 0 Å². The van der Waals surface area contributed by atoms with Gasteiger partial charge in [-0.3, -0.25) is 0 Å². The second-order valence-electron chi connectivity index (χ2n) is 3.11. The molecule has 0 saturated carbocycles. The molecule has 0 unspecified atom stereocenters. The van der Waals surface area contributed by atoms with Crippen molar-refractivity contribution in [2.45, 2.75) is 12.5 Å². The largest absolute Gasteiger partial charge is 0.462 e. The molecule has 0 aliphatic carbocycles. The molecule has 1 aromatic carbocycles. The molecule has 0 amide bonds. The summed E-state index contributed by atoms with van der Waals surface area (Å²) < 4.78 is 7.19. The average Bonchev–Trinajstić information content (AvgIpc) is 2.22. The standard InChI is InChI=1S/C10H12I2O2Si/c11-7-2-3-9(12)8(6-7)10(13)14-4-1-5-15/h2-3,6H,1,4-5H2,15H3. The molecule has 0 aliphatic rings. The number of esters is 1. The second-order valence-corrected chi connectivity index (χ2v) is 6.52. The van der Waals surface area contributed by atoms with E-state index in [1.165, 1.54) is 16.3 Å². The van der Waals surface area contributed by atoms with Crippen molar-refractivity contribution in [2.24, 2.45) is 0 Å². The summed E-state index contributed by atoms with van der Waals surface area (Å²) in [5, 5.41) is 0. The Labute approximate surface area is 120 Å². The van der Waals surface area contributed by atoms with E-state index in [1.54, 1.807) is 0 Å². The Hall–Kier alpha value is 0.367. The van der Waals surface area contributed by atoms with E-state index < -0.39 is 0 Å². The predicted molar refractivity (Wildman–Crippen MR) is 81.5 cm³/mol. The van der Waals surface area contributed by atoms with Crippen molar-refractivity contribution < 1.29 is 9.53 Å². The maximum atomic E-state index is 11.7. The van der Waals surface area contributed by atoms with Crippen LogP contribution in [0, 0.1) is 7.14 Å². The molecule has 0 saturated heterocycles. The van der Waals surface area contributed by atoms with Gasteiger partial charge in [0.15, 0.2) is 0 Å². The molecule has 15 heavy (non-hydrogen) atoms. The Morgan fingerprint density at radius 2 is 2.13 bits per heavy atom. The smallest absolute Gasteiger partial charge is 0.339 e. The summed E-state index contributed by atoms with van der Waals surface area (Å²) in [5.74, 6) is -0.201. The van der Waals surface area contributed by atoms with Crippen LogP contribution >= 0.6 is 45.2 Å². The van der Waals surface area contributed by atoms with Crippen LogP contribution in [0.2, 0.25) is 6.04 Å². The van der Waals surface area contributed by atoms with Gasteiger partial charge in [0, 0.05) is 17.4 Å². The average molecular weight is 446 g/mol. The van der Waals surface area contributed by atoms with Gasteiger partial charge in [-0.2, -0.15) is 0 Å². The van der Waals surface area contributed by atoms with Crippen LogP contribution in [0.1, 0.15) is 16.8 Å². The lowest BCUT2D eigenvalue weighted by atomic mass is 10.2. The molecule has 0 aromatic heterocycles. The Morgan fingerprint density at radius 3 is 2.80 bits per heavy atom. The number of hydrogen-bond acceptors (Lipinski definition) is 2. The third-order valence-electron chi connectivity index (χ3n) is 1.88. The van der Waals surface area contributed by atoms with Crippen LogP contribution in [-0.2, 0) is 4.74 Å². The van der Waals surface area contributed by atoms with Crippen LogP contribution in [0.4, 0.5) is 0 Å². The van der Waals surface area contributed by atoms with E-state index in [-0.39, 0.29) is 5.97 Å². The number of carbonyl (C=O) groups is 1. The lowest BCUT2D eigenvalue weighted by Gasteiger charge is -2.06. The van der Waals surface area contributed by atoms with E-state index >= 15 is 0 Å². The van der Waals surface area contributed by atoms with Crippen molar-refractivity contribution in [3.05, 3.63) is 30.9 Å². The maximum absolute atomic E-state index is 11.7. The zero-order chi connectivity index (χ0) is 11.3. The van der Waals surface area contributed by atoms with E-state index in [9.17, 15) is 4.79 Å². The summed E-state index contributed by atoms with van der Waals surface area (Å²) >= 11 is 4.35. The van der Waals surface area contributed by atoms with Gasteiger partial charge < -0.3 is 4.74 Å². The monoisotopic (exact) mass is 446 g/mol. The maximum Gasteiger partial charge on any atom is 0.339 e. The van der Waals surface area contributed by atoms with Crippen LogP contribution in [0.25, 0.3) is 0 Å². The first kappa shape index (κ1) is 13.4. The molecule has 0 N–H and O–H groups in total. The number of ether oxygens (including phenoxy) is 1. The summed E-state index contributed by atoms with van der Waals surface area (Å²) in [7, 11) is 1.17. The third-order valence-corrected chi connectivity index (χ3v) is 4.20. The van der Waals surface area contributed by atoms with Gasteiger partial charge in [0.25, 0.3) is 0 Å². The molecule has 0 radical (unpaired) electrons. The lowest BCUT2D eigenvalue weighted by molar-refractivity contribution is 0.0504. The first-order valence-electron chi connectivity index (χ1n) is 4.77. The number of rotatable bonds is 4. The Morgan fingerprint density at radius 1 is 1.40 bits per heavy atom. The molecule has 0 spiro atoms. The Kier molecular flexibility index (Phi) is 6.13. The molecule has 82 valence electrons. The molecular weight excluding hydrogens is 434 g/mol. The molecule has 0 atom stereocenters. The Bertz CT molecular complexity index is 355. The number of hydrogen-bond donors (Lipinski definition) is 0. The first-order valence-corrected chi connectivity index (χ1v) is 8.34.